The summed E-state index contributed by atoms with van der Waals surface area (Å²) in [5.41, 5.74) is 3.15. The van der Waals surface area contributed by atoms with Crippen LogP contribution in [-0.2, 0) is 0 Å². The van der Waals surface area contributed by atoms with Gasteiger partial charge in [0.2, 0.25) is 0 Å². The predicted molar refractivity (Wildman–Crippen MR) is 39.0 cm³/mol. The Kier molecular flexibility index (Phi) is 1.14. The average molecular weight is 121 g/mol. The molecule has 9 heavy (non-hydrogen) atoms. The highest BCUT2D eigenvalue weighted by Gasteiger charge is 2.23. The third-order valence-electron chi connectivity index (χ3n) is 2.74. The maximum atomic E-state index is 4.06. The van der Waals surface area contributed by atoms with E-state index in [0.29, 0.717) is 0 Å². The van der Waals surface area contributed by atoms with Gasteiger partial charge in [-0.3, -0.25) is 0 Å². The molecule has 0 aliphatic heterocycles. The number of hydrogen-bond acceptors (Lipinski definition) is 0. The van der Waals surface area contributed by atoms with Crippen molar-refractivity contribution in [3.63, 3.8) is 0 Å². The second-order valence-corrected chi connectivity index (χ2v) is 3.35. The van der Waals surface area contributed by atoms with Crippen LogP contribution in [0.3, 0.4) is 0 Å². The first-order valence-corrected chi connectivity index (χ1v) is 3.89. The molecule has 1 radical (unpaired) electrons. The van der Waals surface area contributed by atoms with Gasteiger partial charge in [0.15, 0.2) is 0 Å². The average Bonchev–Trinajstić information content (AvgIpc) is 1.90. The molecular weight excluding hydrogens is 108 g/mol. The van der Waals surface area contributed by atoms with Crippen LogP contribution in [-0.4, -0.2) is 0 Å². The molecule has 0 amide bonds. The molecule has 0 spiro atoms. The van der Waals surface area contributed by atoms with Gasteiger partial charge in [0.1, 0.15) is 0 Å². The second-order valence-electron chi connectivity index (χ2n) is 3.35. The van der Waals surface area contributed by atoms with Crippen LogP contribution < -0.4 is 0 Å². The minimum atomic E-state index is 1.01. The highest BCUT2D eigenvalue weighted by Crippen LogP contribution is 2.40. The molecule has 1 fully saturated rings. The van der Waals surface area contributed by atoms with E-state index in [1.807, 2.05) is 0 Å². The largest absolute Gasteiger partial charge is 0.0710 e. The Bertz CT molecular complexity index is 143. The van der Waals surface area contributed by atoms with E-state index < -0.39 is 0 Å². The monoisotopic (exact) mass is 121 g/mol. The molecule has 0 nitrogen and oxygen atoms in total. The van der Waals surface area contributed by atoms with Gasteiger partial charge in [0.05, 0.1) is 0 Å². The van der Waals surface area contributed by atoms with Gasteiger partial charge in [-0.05, 0) is 44.9 Å². The first-order valence-electron chi connectivity index (χ1n) is 3.89. The molecular formula is C9H13. The van der Waals surface area contributed by atoms with Crippen LogP contribution in [0.25, 0.3) is 0 Å². The number of hydrogen-bond donors (Lipinski definition) is 0. The molecule has 1 saturated carbocycles. The Morgan fingerprint density at radius 1 is 1.22 bits per heavy atom. The Morgan fingerprint density at radius 2 is 1.89 bits per heavy atom. The summed E-state index contributed by atoms with van der Waals surface area (Å²) >= 11 is 0. The fourth-order valence-electron chi connectivity index (χ4n) is 2.08. The smallest absolute Gasteiger partial charge is 0.0280 e. The lowest BCUT2D eigenvalue weighted by atomic mass is 9.74. The van der Waals surface area contributed by atoms with Crippen LogP contribution >= 0.6 is 0 Å². The molecule has 0 saturated heterocycles. The van der Waals surface area contributed by atoms with Crippen molar-refractivity contribution in [2.45, 2.75) is 32.1 Å². The van der Waals surface area contributed by atoms with E-state index in [1.165, 1.54) is 37.7 Å². The summed E-state index contributed by atoms with van der Waals surface area (Å²) in [4.78, 5) is 0. The highest BCUT2D eigenvalue weighted by atomic mass is 14.3. The van der Waals surface area contributed by atoms with Crippen molar-refractivity contribution in [3.05, 3.63) is 18.1 Å². The van der Waals surface area contributed by atoms with E-state index >= 15 is 0 Å². The lowest BCUT2D eigenvalue weighted by Gasteiger charge is -2.32. The zero-order valence-electron chi connectivity index (χ0n) is 5.82. The fourth-order valence-corrected chi connectivity index (χ4v) is 2.08. The summed E-state index contributed by atoms with van der Waals surface area (Å²) in [6, 6.07) is 0. The van der Waals surface area contributed by atoms with Gasteiger partial charge in [0, 0.05) is 0 Å². The lowest BCUT2D eigenvalue weighted by Crippen LogP contribution is -2.16. The summed E-state index contributed by atoms with van der Waals surface area (Å²) in [5, 5.41) is 0. The molecule has 3 rings (SSSR count). The number of allylic oxidation sites excluding steroid dienone is 2. The Hall–Kier alpha value is -0.260. The van der Waals surface area contributed by atoms with E-state index in [9.17, 15) is 0 Å². The molecule has 0 atom stereocenters. The van der Waals surface area contributed by atoms with Crippen LogP contribution in [0.5, 0.6) is 0 Å². The molecule has 0 aromatic heterocycles. The quantitative estimate of drug-likeness (QED) is 0.462. The van der Waals surface area contributed by atoms with E-state index in [0.717, 1.165) is 5.92 Å². The highest BCUT2D eigenvalue weighted by molar-refractivity contribution is 5.23. The topological polar surface area (TPSA) is 0 Å². The third kappa shape index (κ3) is 0.810. The zero-order chi connectivity index (χ0) is 6.27. The number of fused-ring (bicyclic) bond motifs is 3. The van der Waals surface area contributed by atoms with Crippen molar-refractivity contribution in [2.75, 3.05) is 0 Å². The minimum Gasteiger partial charge on any atom is -0.0710 e. The standard InChI is InChI=1S/C9H13/c1-7-6-8-2-4-9(7)5-3-8/h8H,1-6H2. The van der Waals surface area contributed by atoms with Crippen LogP contribution in [0.1, 0.15) is 32.1 Å². The van der Waals surface area contributed by atoms with Gasteiger partial charge in [-0.15, -0.1) is 0 Å². The van der Waals surface area contributed by atoms with Crippen LogP contribution in [0.4, 0.5) is 0 Å². The first-order chi connectivity index (χ1) is 4.36. The zero-order valence-corrected chi connectivity index (χ0v) is 5.82. The maximum Gasteiger partial charge on any atom is -0.0280 e. The SMILES string of the molecule is [CH2]C1=C2CCC(CC2)C1. The molecule has 3 aliphatic carbocycles. The molecule has 0 aromatic rings. The van der Waals surface area contributed by atoms with Crippen molar-refractivity contribution >= 4 is 0 Å². The maximum absolute atomic E-state index is 4.06. The summed E-state index contributed by atoms with van der Waals surface area (Å²) in [6.45, 7) is 4.06. The summed E-state index contributed by atoms with van der Waals surface area (Å²) in [7, 11) is 0. The summed E-state index contributed by atoms with van der Waals surface area (Å²) in [5.74, 6) is 1.01. The second kappa shape index (κ2) is 1.86. The van der Waals surface area contributed by atoms with Gasteiger partial charge in [-0.2, -0.15) is 0 Å². The fraction of sp³-hybridized carbons (Fsp3) is 0.667. The third-order valence-corrected chi connectivity index (χ3v) is 2.74. The molecule has 2 bridgehead atoms. The molecule has 49 valence electrons. The molecule has 3 aliphatic rings. The first kappa shape index (κ1) is 5.52. The van der Waals surface area contributed by atoms with Crippen LogP contribution in [0.15, 0.2) is 11.1 Å². The van der Waals surface area contributed by atoms with Gasteiger partial charge in [-0.1, -0.05) is 11.1 Å². The van der Waals surface area contributed by atoms with Gasteiger partial charge >= 0.3 is 0 Å². The van der Waals surface area contributed by atoms with Crippen molar-refractivity contribution in [3.8, 4) is 0 Å². The molecule has 0 aromatic carbocycles. The Morgan fingerprint density at radius 3 is 2.11 bits per heavy atom. The predicted octanol–water partition coefficient (Wildman–Crippen LogP) is 2.71. The van der Waals surface area contributed by atoms with Crippen molar-refractivity contribution in [1.82, 2.24) is 0 Å². The molecule has 0 N–H and O–H groups in total. The van der Waals surface area contributed by atoms with E-state index in [2.05, 4.69) is 6.92 Å². The van der Waals surface area contributed by atoms with Gasteiger partial charge in [0.25, 0.3) is 0 Å². The normalized spacial score (nSPS) is 27.7. The van der Waals surface area contributed by atoms with Crippen molar-refractivity contribution in [1.29, 1.82) is 0 Å². The van der Waals surface area contributed by atoms with Crippen LogP contribution in [0.2, 0.25) is 0 Å². The minimum absolute atomic E-state index is 1.01. The van der Waals surface area contributed by atoms with E-state index in [-0.39, 0.29) is 0 Å². The van der Waals surface area contributed by atoms with Crippen LogP contribution in [0, 0.1) is 12.8 Å². The molecule has 0 unspecified atom stereocenters. The van der Waals surface area contributed by atoms with E-state index in [4.69, 9.17) is 0 Å². The molecule has 0 heterocycles. The van der Waals surface area contributed by atoms with Crippen molar-refractivity contribution < 1.29 is 0 Å². The summed E-state index contributed by atoms with van der Waals surface area (Å²) in [6.07, 6.45) is 6.95. The lowest BCUT2D eigenvalue weighted by molar-refractivity contribution is 0.374. The van der Waals surface area contributed by atoms with E-state index in [1.54, 1.807) is 5.57 Å². The molecule has 0 heteroatoms. The Labute approximate surface area is 57.0 Å². The van der Waals surface area contributed by atoms with Gasteiger partial charge in [-0.25, -0.2) is 0 Å². The Balaban J connectivity index is 2.29. The summed E-state index contributed by atoms with van der Waals surface area (Å²) < 4.78 is 0. The van der Waals surface area contributed by atoms with Crippen molar-refractivity contribution in [2.24, 2.45) is 5.92 Å². The van der Waals surface area contributed by atoms with Gasteiger partial charge < -0.3 is 0 Å². The number of rotatable bonds is 0.